The first-order valence-corrected chi connectivity index (χ1v) is 7.88. The lowest BCUT2D eigenvalue weighted by Crippen LogP contribution is -2.01. The van der Waals surface area contributed by atoms with Crippen LogP contribution in [0.4, 0.5) is 0 Å². The summed E-state index contributed by atoms with van der Waals surface area (Å²) in [4.78, 5) is 2.18. The number of aliphatic hydroxyl groups excluding tert-OH is 1. The van der Waals surface area contributed by atoms with E-state index in [9.17, 15) is 5.11 Å². The highest BCUT2D eigenvalue weighted by Gasteiger charge is 2.17. The highest BCUT2D eigenvalue weighted by atomic mass is 127. The van der Waals surface area contributed by atoms with Crippen LogP contribution in [-0.2, 0) is 0 Å². The van der Waals surface area contributed by atoms with Gasteiger partial charge in [-0.15, -0.1) is 11.3 Å². The smallest absolute Gasteiger partial charge is 0.114 e. The fraction of sp³-hybridized carbons (Fsp3) is 0.231. The highest BCUT2D eigenvalue weighted by molar-refractivity contribution is 14.1. The van der Waals surface area contributed by atoms with Crippen molar-refractivity contribution in [2.45, 2.75) is 20.0 Å². The molecule has 0 spiro atoms. The standard InChI is InChI=1S/C13H12BrIOS/c1-7-4-3-5-9(12(7)15)13(16)11-6-10(14)8(2)17-11/h3-6,13,16H,1-2H3. The molecular formula is C13H12BrIOS. The Hall–Kier alpha value is 0.0900. The molecule has 1 nitrogen and oxygen atoms in total. The molecule has 1 N–H and O–H groups in total. The highest BCUT2D eigenvalue weighted by Crippen LogP contribution is 2.35. The molecule has 90 valence electrons. The Kier molecular flexibility index (Phi) is 4.28. The molecule has 17 heavy (non-hydrogen) atoms. The van der Waals surface area contributed by atoms with Crippen molar-refractivity contribution in [1.82, 2.24) is 0 Å². The Morgan fingerprint density at radius 2 is 2.06 bits per heavy atom. The van der Waals surface area contributed by atoms with Gasteiger partial charge >= 0.3 is 0 Å². The second-order valence-electron chi connectivity index (χ2n) is 3.93. The first kappa shape index (κ1) is 13.5. The van der Waals surface area contributed by atoms with E-state index in [1.807, 2.05) is 25.1 Å². The van der Waals surface area contributed by atoms with Crippen LogP contribution in [0, 0.1) is 17.4 Å². The SMILES string of the molecule is Cc1cccc(C(O)c2cc(Br)c(C)s2)c1I. The van der Waals surface area contributed by atoms with Crippen LogP contribution in [0.2, 0.25) is 0 Å². The van der Waals surface area contributed by atoms with Crippen molar-refractivity contribution in [2.75, 3.05) is 0 Å². The van der Waals surface area contributed by atoms with Gasteiger partial charge in [-0.1, -0.05) is 18.2 Å². The molecule has 1 unspecified atom stereocenters. The number of halogens is 2. The fourth-order valence-corrected chi connectivity index (χ4v) is 3.87. The minimum atomic E-state index is -0.531. The molecule has 0 saturated heterocycles. The van der Waals surface area contributed by atoms with Crippen LogP contribution >= 0.6 is 49.9 Å². The monoisotopic (exact) mass is 422 g/mol. The first-order chi connectivity index (χ1) is 8.00. The lowest BCUT2D eigenvalue weighted by Gasteiger charge is -2.12. The zero-order chi connectivity index (χ0) is 12.6. The van der Waals surface area contributed by atoms with Crippen molar-refractivity contribution in [3.05, 3.63) is 53.2 Å². The van der Waals surface area contributed by atoms with Gasteiger partial charge in [0.2, 0.25) is 0 Å². The topological polar surface area (TPSA) is 20.2 Å². The quantitative estimate of drug-likeness (QED) is 0.688. The van der Waals surface area contributed by atoms with Crippen molar-refractivity contribution >= 4 is 49.9 Å². The van der Waals surface area contributed by atoms with E-state index < -0.39 is 6.10 Å². The Morgan fingerprint density at radius 1 is 1.35 bits per heavy atom. The van der Waals surface area contributed by atoms with E-state index in [0.717, 1.165) is 18.5 Å². The van der Waals surface area contributed by atoms with E-state index in [2.05, 4.69) is 51.5 Å². The van der Waals surface area contributed by atoms with Crippen LogP contribution in [0.15, 0.2) is 28.7 Å². The van der Waals surface area contributed by atoms with E-state index in [4.69, 9.17) is 0 Å². The third-order valence-corrected chi connectivity index (χ3v) is 6.32. The molecule has 2 aromatic rings. The molecule has 0 amide bonds. The van der Waals surface area contributed by atoms with Crippen molar-refractivity contribution in [2.24, 2.45) is 0 Å². The predicted octanol–water partition coefficient (Wildman–Crippen LogP) is 4.81. The maximum Gasteiger partial charge on any atom is 0.114 e. The van der Waals surface area contributed by atoms with E-state index in [1.54, 1.807) is 11.3 Å². The Balaban J connectivity index is 2.43. The molecule has 0 aliphatic rings. The predicted molar refractivity (Wildman–Crippen MR) is 84.7 cm³/mol. The first-order valence-electron chi connectivity index (χ1n) is 5.19. The third kappa shape index (κ3) is 2.75. The lowest BCUT2D eigenvalue weighted by molar-refractivity contribution is 0.223. The van der Waals surface area contributed by atoms with Crippen molar-refractivity contribution < 1.29 is 5.11 Å². The minimum Gasteiger partial charge on any atom is -0.383 e. The van der Waals surface area contributed by atoms with Crippen LogP contribution in [-0.4, -0.2) is 5.11 Å². The summed E-state index contributed by atoms with van der Waals surface area (Å²) < 4.78 is 2.21. The van der Waals surface area contributed by atoms with Gasteiger partial charge in [0.1, 0.15) is 6.10 Å². The summed E-state index contributed by atoms with van der Waals surface area (Å²) in [6, 6.07) is 8.05. The van der Waals surface area contributed by atoms with Gasteiger partial charge in [-0.05, 0) is 69.6 Å². The van der Waals surface area contributed by atoms with E-state index in [0.29, 0.717) is 0 Å². The maximum absolute atomic E-state index is 10.4. The molecule has 1 aromatic carbocycles. The number of rotatable bonds is 2. The number of aliphatic hydroxyl groups is 1. The normalized spacial score (nSPS) is 12.8. The molecule has 0 bridgehead atoms. The molecule has 0 aliphatic carbocycles. The summed E-state index contributed by atoms with van der Waals surface area (Å²) in [6.07, 6.45) is -0.531. The summed E-state index contributed by atoms with van der Waals surface area (Å²) in [7, 11) is 0. The van der Waals surface area contributed by atoms with E-state index in [-0.39, 0.29) is 0 Å². The molecule has 0 radical (unpaired) electrons. The van der Waals surface area contributed by atoms with Crippen molar-refractivity contribution in [3.8, 4) is 0 Å². The molecule has 4 heteroatoms. The molecule has 0 saturated carbocycles. The summed E-state index contributed by atoms with van der Waals surface area (Å²) >= 11 is 7.41. The molecule has 0 fully saturated rings. The van der Waals surface area contributed by atoms with Gasteiger partial charge < -0.3 is 5.11 Å². The van der Waals surface area contributed by atoms with Gasteiger partial charge in [-0.2, -0.15) is 0 Å². The molecule has 1 aromatic heterocycles. The van der Waals surface area contributed by atoms with E-state index >= 15 is 0 Å². The number of hydrogen-bond donors (Lipinski definition) is 1. The summed E-state index contributed by atoms with van der Waals surface area (Å²) in [5, 5.41) is 10.4. The Labute approximate surface area is 127 Å². The largest absolute Gasteiger partial charge is 0.383 e. The van der Waals surface area contributed by atoms with Gasteiger partial charge in [0.05, 0.1) is 0 Å². The number of thiophene rings is 1. The maximum atomic E-state index is 10.4. The number of aryl methyl sites for hydroxylation is 2. The summed E-state index contributed by atoms with van der Waals surface area (Å²) in [6.45, 7) is 4.11. The Bertz CT molecular complexity index is 531. The van der Waals surface area contributed by atoms with Gasteiger partial charge in [0.25, 0.3) is 0 Å². The van der Waals surface area contributed by atoms with Crippen molar-refractivity contribution in [1.29, 1.82) is 0 Å². The number of benzene rings is 1. The third-order valence-electron chi connectivity index (χ3n) is 2.66. The van der Waals surface area contributed by atoms with E-state index in [1.165, 1.54) is 10.4 Å². The van der Waals surface area contributed by atoms with Crippen LogP contribution in [0.1, 0.15) is 27.0 Å². The van der Waals surface area contributed by atoms with Crippen molar-refractivity contribution in [3.63, 3.8) is 0 Å². The second kappa shape index (κ2) is 5.38. The fourth-order valence-electron chi connectivity index (χ4n) is 1.65. The molecule has 0 aliphatic heterocycles. The van der Waals surface area contributed by atoms with Crippen LogP contribution in [0.3, 0.4) is 0 Å². The average Bonchev–Trinajstić information content (AvgIpc) is 2.62. The molecule has 1 atom stereocenters. The van der Waals surface area contributed by atoms with Crippen LogP contribution in [0.25, 0.3) is 0 Å². The molecular weight excluding hydrogens is 411 g/mol. The number of hydrogen-bond acceptors (Lipinski definition) is 2. The molecule has 2 rings (SSSR count). The van der Waals surface area contributed by atoms with Crippen LogP contribution in [0.5, 0.6) is 0 Å². The van der Waals surface area contributed by atoms with Gasteiger partial charge in [0.15, 0.2) is 0 Å². The summed E-state index contributed by atoms with van der Waals surface area (Å²) in [5.41, 5.74) is 2.19. The van der Waals surface area contributed by atoms with Gasteiger partial charge in [-0.3, -0.25) is 0 Å². The Morgan fingerprint density at radius 3 is 2.65 bits per heavy atom. The molecule has 1 heterocycles. The zero-order valence-corrected chi connectivity index (χ0v) is 14.1. The van der Waals surface area contributed by atoms with Gasteiger partial charge in [0, 0.05) is 17.8 Å². The average molecular weight is 423 g/mol. The summed E-state index contributed by atoms with van der Waals surface area (Å²) in [5.74, 6) is 0. The minimum absolute atomic E-state index is 0.531. The zero-order valence-electron chi connectivity index (χ0n) is 9.50. The lowest BCUT2D eigenvalue weighted by atomic mass is 10.1. The second-order valence-corrected chi connectivity index (χ2v) is 7.15. The van der Waals surface area contributed by atoms with Crippen LogP contribution < -0.4 is 0 Å². The van der Waals surface area contributed by atoms with Gasteiger partial charge in [-0.25, -0.2) is 0 Å².